The molecule has 5 heteroatoms. The van der Waals surface area contributed by atoms with E-state index in [1.807, 2.05) is 0 Å². The van der Waals surface area contributed by atoms with Crippen LogP contribution in [0, 0.1) is 5.92 Å². The number of hydrogen-bond acceptors (Lipinski definition) is 5. The van der Waals surface area contributed by atoms with Crippen LogP contribution < -0.4 is 0 Å². The molecule has 0 spiro atoms. The molecule has 0 aliphatic carbocycles. The summed E-state index contributed by atoms with van der Waals surface area (Å²) >= 11 is 0. The minimum atomic E-state index is 0.0428. The molecule has 2 rings (SSSR count). The quantitative estimate of drug-likeness (QED) is 0.768. The van der Waals surface area contributed by atoms with Crippen LogP contribution in [0.3, 0.4) is 0 Å². The van der Waals surface area contributed by atoms with E-state index in [9.17, 15) is 4.79 Å². The number of carbonyl (C=O) groups is 1. The van der Waals surface area contributed by atoms with Crippen molar-refractivity contribution >= 4 is 5.78 Å². The van der Waals surface area contributed by atoms with Crippen molar-refractivity contribution in [3.05, 3.63) is 11.7 Å². The van der Waals surface area contributed by atoms with Crippen molar-refractivity contribution in [2.45, 2.75) is 32.6 Å². The lowest BCUT2D eigenvalue weighted by Crippen LogP contribution is -2.18. The first-order valence-electron chi connectivity index (χ1n) is 5.62. The van der Waals surface area contributed by atoms with E-state index in [1.54, 1.807) is 0 Å². The van der Waals surface area contributed by atoms with Gasteiger partial charge in [-0.1, -0.05) is 5.16 Å². The van der Waals surface area contributed by atoms with Gasteiger partial charge in [0.1, 0.15) is 5.78 Å². The highest BCUT2D eigenvalue weighted by atomic mass is 16.5. The number of carbonyl (C=O) groups excluding carboxylic acids is 1. The van der Waals surface area contributed by atoms with Crippen molar-refractivity contribution in [3.8, 4) is 0 Å². The van der Waals surface area contributed by atoms with Gasteiger partial charge in [0.25, 0.3) is 0 Å². The Morgan fingerprint density at radius 3 is 2.88 bits per heavy atom. The third-order valence-electron chi connectivity index (χ3n) is 2.72. The Hall–Kier alpha value is -1.23. The molecule has 1 aliphatic heterocycles. The normalized spacial score (nSPS) is 17.6. The zero-order valence-corrected chi connectivity index (χ0v) is 9.44. The fourth-order valence-corrected chi connectivity index (χ4v) is 1.87. The van der Waals surface area contributed by atoms with Crippen LogP contribution in [0.1, 0.15) is 31.5 Å². The average Bonchev–Trinajstić information content (AvgIpc) is 2.66. The molecule has 1 aliphatic rings. The van der Waals surface area contributed by atoms with Crippen LogP contribution in [0.5, 0.6) is 0 Å². The van der Waals surface area contributed by atoms with Crippen LogP contribution in [-0.2, 0) is 22.4 Å². The van der Waals surface area contributed by atoms with Gasteiger partial charge >= 0.3 is 0 Å². The maximum atomic E-state index is 10.9. The summed E-state index contributed by atoms with van der Waals surface area (Å²) in [6.07, 6.45) is 3.17. The van der Waals surface area contributed by atoms with E-state index in [0.717, 1.165) is 32.5 Å². The van der Waals surface area contributed by atoms with Gasteiger partial charge in [0.2, 0.25) is 5.89 Å². The molecule has 0 amide bonds. The molecule has 2 heterocycles. The molecule has 0 N–H and O–H groups in total. The van der Waals surface area contributed by atoms with Crippen molar-refractivity contribution in [1.82, 2.24) is 10.1 Å². The predicted molar refractivity (Wildman–Crippen MR) is 55.9 cm³/mol. The molecule has 0 unspecified atom stereocenters. The van der Waals surface area contributed by atoms with Crippen LogP contribution in [0.4, 0.5) is 0 Å². The Balaban J connectivity index is 1.88. The molecule has 0 bridgehead atoms. The third-order valence-corrected chi connectivity index (χ3v) is 2.72. The first-order valence-corrected chi connectivity index (χ1v) is 5.62. The summed E-state index contributed by atoms with van der Waals surface area (Å²) < 4.78 is 10.3. The van der Waals surface area contributed by atoms with Crippen molar-refractivity contribution in [2.75, 3.05) is 13.2 Å². The van der Waals surface area contributed by atoms with E-state index in [1.165, 1.54) is 6.92 Å². The number of ketones is 1. The fourth-order valence-electron chi connectivity index (χ4n) is 1.87. The molecule has 1 aromatic rings. The Labute approximate surface area is 94.2 Å². The van der Waals surface area contributed by atoms with E-state index in [4.69, 9.17) is 9.26 Å². The molecule has 0 aromatic carbocycles. The number of rotatable bonds is 4. The number of Topliss-reactive ketones (excluding diaryl/α,β-unsaturated/α-hetero) is 1. The second kappa shape index (κ2) is 5.21. The Bertz CT molecular complexity index is 356. The zero-order chi connectivity index (χ0) is 11.4. The number of nitrogens with zero attached hydrogens (tertiary/aromatic N) is 2. The zero-order valence-electron chi connectivity index (χ0n) is 9.44. The van der Waals surface area contributed by atoms with Crippen LogP contribution in [0.15, 0.2) is 4.52 Å². The lowest BCUT2D eigenvalue weighted by Gasteiger charge is -2.20. The maximum absolute atomic E-state index is 10.9. The molecule has 0 atom stereocenters. The smallest absolute Gasteiger partial charge is 0.234 e. The van der Waals surface area contributed by atoms with Gasteiger partial charge in [-0.05, 0) is 25.7 Å². The topological polar surface area (TPSA) is 65.2 Å². The van der Waals surface area contributed by atoms with Gasteiger partial charge in [-0.2, -0.15) is 4.98 Å². The minimum Gasteiger partial charge on any atom is -0.381 e. The number of hydrogen-bond donors (Lipinski definition) is 0. The molecule has 1 aromatic heterocycles. The van der Waals surface area contributed by atoms with Gasteiger partial charge in [0, 0.05) is 19.6 Å². The molecule has 1 saturated heterocycles. The van der Waals surface area contributed by atoms with Crippen molar-refractivity contribution in [1.29, 1.82) is 0 Å². The Kier molecular flexibility index (Phi) is 3.66. The summed E-state index contributed by atoms with van der Waals surface area (Å²) in [5.41, 5.74) is 0. The van der Waals surface area contributed by atoms with E-state index < -0.39 is 0 Å². The Morgan fingerprint density at radius 2 is 2.19 bits per heavy atom. The van der Waals surface area contributed by atoms with E-state index in [0.29, 0.717) is 17.6 Å². The maximum Gasteiger partial charge on any atom is 0.234 e. The van der Waals surface area contributed by atoms with Crippen LogP contribution in [0.25, 0.3) is 0 Å². The van der Waals surface area contributed by atoms with E-state index in [2.05, 4.69) is 10.1 Å². The van der Waals surface area contributed by atoms with Gasteiger partial charge in [-0.15, -0.1) is 0 Å². The second-order valence-electron chi connectivity index (χ2n) is 4.24. The van der Waals surface area contributed by atoms with Crippen LogP contribution in [-0.4, -0.2) is 29.1 Å². The van der Waals surface area contributed by atoms with Crippen molar-refractivity contribution < 1.29 is 14.1 Å². The summed E-state index contributed by atoms with van der Waals surface area (Å²) in [5.74, 6) is 1.76. The summed E-state index contributed by atoms with van der Waals surface area (Å²) in [6.45, 7) is 3.16. The van der Waals surface area contributed by atoms with E-state index >= 15 is 0 Å². The summed E-state index contributed by atoms with van der Waals surface area (Å²) in [4.78, 5) is 15.1. The largest absolute Gasteiger partial charge is 0.381 e. The molecule has 0 saturated carbocycles. The van der Waals surface area contributed by atoms with E-state index in [-0.39, 0.29) is 12.2 Å². The molecule has 1 fully saturated rings. The SMILES string of the molecule is CC(=O)Cc1nc(CC2CCOCC2)no1. The highest BCUT2D eigenvalue weighted by molar-refractivity contribution is 5.77. The second-order valence-corrected chi connectivity index (χ2v) is 4.24. The number of aromatic nitrogens is 2. The van der Waals surface area contributed by atoms with Gasteiger partial charge in [0.05, 0.1) is 6.42 Å². The summed E-state index contributed by atoms with van der Waals surface area (Å²) in [7, 11) is 0. The van der Waals surface area contributed by atoms with Gasteiger partial charge in [-0.3, -0.25) is 4.79 Å². The summed E-state index contributed by atoms with van der Waals surface area (Å²) in [5, 5.41) is 3.88. The third kappa shape index (κ3) is 3.13. The van der Waals surface area contributed by atoms with Crippen molar-refractivity contribution in [3.63, 3.8) is 0 Å². The molecule has 88 valence electrons. The summed E-state index contributed by atoms with van der Waals surface area (Å²) in [6, 6.07) is 0. The predicted octanol–water partition coefficient (Wildman–Crippen LogP) is 1.17. The highest BCUT2D eigenvalue weighted by Gasteiger charge is 2.17. The van der Waals surface area contributed by atoms with Gasteiger partial charge in [0.15, 0.2) is 5.82 Å². The minimum absolute atomic E-state index is 0.0428. The molecule has 16 heavy (non-hydrogen) atoms. The van der Waals surface area contributed by atoms with Crippen LogP contribution in [0.2, 0.25) is 0 Å². The van der Waals surface area contributed by atoms with Gasteiger partial charge in [-0.25, -0.2) is 0 Å². The molecular formula is C11H16N2O3. The number of ether oxygens (including phenoxy) is 1. The monoisotopic (exact) mass is 224 g/mol. The molecule has 5 nitrogen and oxygen atoms in total. The van der Waals surface area contributed by atoms with Gasteiger partial charge < -0.3 is 9.26 Å². The first kappa shape index (κ1) is 11.3. The lowest BCUT2D eigenvalue weighted by molar-refractivity contribution is -0.116. The van der Waals surface area contributed by atoms with Crippen molar-refractivity contribution in [2.24, 2.45) is 5.92 Å². The highest BCUT2D eigenvalue weighted by Crippen LogP contribution is 2.18. The lowest BCUT2D eigenvalue weighted by atomic mass is 9.96. The standard InChI is InChI=1S/C11H16N2O3/c1-8(14)6-11-12-10(13-16-11)7-9-2-4-15-5-3-9/h9H,2-7H2,1H3. The fraction of sp³-hybridized carbons (Fsp3) is 0.727. The Morgan fingerprint density at radius 1 is 1.44 bits per heavy atom. The molecular weight excluding hydrogens is 208 g/mol. The van der Waals surface area contributed by atoms with Crippen LogP contribution >= 0.6 is 0 Å². The average molecular weight is 224 g/mol. The first-order chi connectivity index (χ1) is 7.74. The molecule has 0 radical (unpaired) electrons.